The van der Waals surface area contributed by atoms with Crippen LogP contribution in [0.2, 0.25) is 0 Å². The largest absolute Gasteiger partial charge is 0.337 e. The van der Waals surface area contributed by atoms with Gasteiger partial charge in [0, 0.05) is 43.4 Å². The van der Waals surface area contributed by atoms with Crippen molar-refractivity contribution in [2.24, 2.45) is 5.41 Å². The molecule has 2 aliphatic heterocycles. The Morgan fingerprint density at radius 3 is 2.80 bits per heavy atom. The number of aromatic nitrogens is 1. The molecule has 2 amide bonds. The first kappa shape index (κ1) is 15.8. The Morgan fingerprint density at radius 2 is 2.04 bits per heavy atom. The fourth-order valence-electron chi connectivity index (χ4n) is 3.96. The number of carbonyl (C=O) groups excluding carboxylic acids is 2. The molecule has 0 radical (unpaired) electrons. The van der Waals surface area contributed by atoms with Crippen LogP contribution in [0.5, 0.6) is 0 Å². The number of amides is 2. The Hall–Kier alpha value is -2.69. The summed E-state index contributed by atoms with van der Waals surface area (Å²) in [5, 5.41) is 0. The van der Waals surface area contributed by atoms with Crippen LogP contribution in [0.3, 0.4) is 0 Å². The van der Waals surface area contributed by atoms with E-state index in [2.05, 4.69) is 4.98 Å². The fourth-order valence-corrected chi connectivity index (χ4v) is 3.96. The van der Waals surface area contributed by atoms with E-state index in [0.29, 0.717) is 31.7 Å². The van der Waals surface area contributed by atoms with Crippen molar-refractivity contribution >= 4 is 17.5 Å². The lowest BCUT2D eigenvalue weighted by Crippen LogP contribution is -2.34. The molecule has 0 N–H and O–H groups in total. The minimum absolute atomic E-state index is 0.0427. The lowest BCUT2D eigenvalue weighted by Gasteiger charge is -2.24. The normalized spacial score (nSPS) is 22.8. The van der Waals surface area contributed by atoms with E-state index < -0.39 is 0 Å². The quantitative estimate of drug-likeness (QED) is 0.848. The molecule has 25 heavy (non-hydrogen) atoms. The van der Waals surface area contributed by atoms with E-state index in [1.807, 2.05) is 47.1 Å². The van der Waals surface area contributed by atoms with Crippen molar-refractivity contribution in [1.29, 1.82) is 0 Å². The average molecular weight is 335 g/mol. The molecule has 4 rings (SSSR count). The number of pyridine rings is 1. The highest BCUT2D eigenvalue weighted by Gasteiger charge is 2.48. The summed E-state index contributed by atoms with van der Waals surface area (Å²) < 4.78 is 0. The minimum atomic E-state index is -0.134. The molecule has 0 bridgehead atoms. The van der Waals surface area contributed by atoms with Crippen molar-refractivity contribution in [2.75, 3.05) is 24.5 Å². The Morgan fingerprint density at radius 1 is 1.16 bits per heavy atom. The zero-order valence-electron chi connectivity index (χ0n) is 14.3. The molecule has 2 aliphatic rings. The predicted molar refractivity (Wildman–Crippen MR) is 95.3 cm³/mol. The van der Waals surface area contributed by atoms with Gasteiger partial charge in [-0.1, -0.05) is 18.2 Å². The lowest BCUT2D eigenvalue weighted by atomic mass is 9.86. The Balaban J connectivity index is 1.51. The molecule has 5 nitrogen and oxygen atoms in total. The average Bonchev–Trinajstić information content (AvgIpc) is 3.18. The van der Waals surface area contributed by atoms with Crippen LogP contribution in [-0.4, -0.2) is 41.3 Å². The van der Waals surface area contributed by atoms with Crippen LogP contribution in [0, 0.1) is 12.3 Å². The molecule has 3 heterocycles. The van der Waals surface area contributed by atoms with Crippen molar-refractivity contribution < 1.29 is 9.59 Å². The lowest BCUT2D eigenvalue weighted by molar-refractivity contribution is -0.117. The first-order valence-electron chi connectivity index (χ1n) is 8.64. The predicted octanol–water partition coefficient (Wildman–Crippen LogP) is 2.66. The highest BCUT2D eigenvalue weighted by atomic mass is 16.2. The maximum atomic E-state index is 12.6. The van der Waals surface area contributed by atoms with Crippen molar-refractivity contribution in [3.05, 3.63) is 59.9 Å². The van der Waals surface area contributed by atoms with E-state index in [9.17, 15) is 9.59 Å². The number of hydrogen-bond acceptors (Lipinski definition) is 3. The first-order chi connectivity index (χ1) is 12.1. The SMILES string of the molecule is Cc1cccc(N2CC3(CCN(C(=O)c4ccccn4)C3)CC2=O)c1. The van der Waals surface area contributed by atoms with Crippen LogP contribution >= 0.6 is 0 Å². The summed E-state index contributed by atoms with van der Waals surface area (Å²) in [5.74, 6) is 0.108. The maximum absolute atomic E-state index is 12.6. The van der Waals surface area contributed by atoms with Gasteiger partial charge in [0.25, 0.3) is 5.91 Å². The summed E-state index contributed by atoms with van der Waals surface area (Å²) >= 11 is 0. The third-order valence-electron chi connectivity index (χ3n) is 5.24. The van der Waals surface area contributed by atoms with Gasteiger partial charge in [-0.3, -0.25) is 14.6 Å². The molecular weight excluding hydrogens is 314 g/mol. The molecular formula is C20H21N3O2. The molecule has 2 saturated heterocycles. The molecule has 1 aromatic carbocycles. The van der Waals surface area contributed by atoms with Crippen LogP contribution < -0.4 is 4.90 Å². The third-order valence-corrected chi connectivity index (χ3v) is 5.24. The second-order valence-electron chi connectivity index (χ2n) is 7.19. The summed E-state index contributed by atoms with van der Waals surface area (Å²) in [7, 11) is 0. The number of benzene rings is 1. The van der Waals surface area contributed by atoms with E-state index >= 15 is 0 Å². The zero-order chi connectivity index (χ0) is 17.4. The molecule has 5 heteroatoms. The topological polar surface area (TPSA) is 53.5 Å². The van der Waals surface area contributed by atoms with Crippen LogP contribution in [0.4, 0.5) is 5.69 Å². The maximum Gasteiger partial charge on any atom is 0.272 e. The molecule has 1 aromatic heterocycles. The highest BCUT2D eigenvalue weighted by Crippen LogP contribution is 2.42. The van der Waals surface area contributed by atoms with Gasteiger partial charge in [-0.25, -0.2) is 0 Å². The standard InChI is InChI=1S/C20H21N3O2/c1-15-5-4-6-16(11-15)23-14-20(12-18(23)24)8-10-22(13-20)19(25)17-7-2-3-9-21-17/h2-7,9,11H,8,10,12-14H2,1H3. The van der Waals surface area contributed by atoms with Crippen LogP contribution in [0.1, 0.15) is 28.9 Å². The summed E-state index contributed by atoms with van der Waals surface area (Å²) in [4.78, 5) is 33.1. The number of likely N-dealkylation sites (tertiary alicyclic amines) is 1. The Bertz CT molecular complexity index is 821. The summed E-state index contributed by atoms with van der Waals surface area (Å²) in [6.07, 6.45) is 3.00. The van der Waals surface area contributed by atoms with Gasteiger partial charge in [0.05, 0.1) is 0 Å². The summed E-state index contributed by atoms with van der Waals surface area (Å²) in [6.45, 7) is 4.02. The van der Waals surface area contributed by atoms with E-state index in [1.165, 1.54) is 0 Å². The van der Waals surface area contributed by atoms with Gasteiger partial charge in [0.2, 0.25) is 5.91 Å². The summed E-state index contributed by atoms with van der Waals surface area (Å²) in [6, 6.07) is 13.4. The summed E-state index contributed by atoms with van der Waals surface area (Å²) in [5.41, 5.74) is 2.44. The second-order valence-corrected chi connectivity index (χ2v) is 7.19. The zero-order valence-corrected chi connectivity index (χ0v) is 14.3. The van der Waals surface area contributed by atoms with Crippen molar-refractivity contribution in [3.63, 3.8) is 0 Å². The van der Waals surface area contributed by atoms with E-state index in [0.717, 1.165) is 17.7 Å². The van der Waals surface area contributed by atoms with Gasteiger partial charge in [-0.05, 0) is 43.2 Å². The molecule has 2 aromatic rings. The number of carbonyl (C=O) groups is 2. The molecule has 0 aliphatic carbocycles. The van der Waals surface area contributed by atoms with Crippen molar-refractivity contribution in [2.45, 2.75) is 19.8 Å². The van der Waals surface area contributed by atoms with Crippen LogP contribution in [0.15, 0.2) is 48.7 Å². The molecule has 2 fully saturated rings. The smallest absolute Gasteiger partial charge is 0.272 e. The monoisotopic (exact) mass is 335 g/mol. The van der Waals surface area contributed by atoms with Gasteiger partial charge >= 0.3 is 0 Å². The van der Waals surface area contributed by atoms with Gasteiger partial charge in [-0.2, -0.15) is 0 Å². The number of hydrogen-bond donors (Lipinski definition) is 0. The fraction of sp³-hybridized carbons (Fsp3) is 0.350. The van der Waals surface area contributed by atoms with E-state index in [-0.39, 0.29) is 17.2 Å². The molecule has 1 spiro atoms. The van der Waals surface area contributed by atoms with Crippen molar-refractivity contribution in [1.82, 2.24) is 9.88 Å². The second kappa shape index (κ2) is 5.99. The van der Waals surface area contributed by atoms with E-state index in [4.69, 9.17) is 0 Å². The molecule has 1 atom stereocenters. The van der Waals surface area contributed by atoms with Gasteiger partial charge in [0.1, 0.15) is 5.69 Å². The third kappa shape index (κ3) is 2.90. The van der Waals surface area contributed by atoms with Gasteiger partial charge in [0.15, 0.2) is 0 Å². The Kier molecular flexibility index (Phi) is 3.79. The minimum Gasteiger partial charge on any atom is -0.337 e. The first-order valence-corrected chi connectivity index (χ1v) is 8.64. The number of aryl methyl sites for hydroxylation is 1. The van der Waals surface area contributed by atoms with Crippen LogP contribution in [0.25, 0.3) is 0 Å². The molecule has 128 valence electrons. The van der Waals surface area contributed by atoms with Gasteiger partial charge < -0.3 is 9.80 Å². The van der Waals surface area contributed by atoms with E-state index in [1.54, 1.807) is 18.3 Å². The van der Waals surface area contributed by atoms with Crippen molar-refractivity contribution in [3.8, 4) is 0 Å². The van der Waals surface area contributed by atoms with Gasteiger partial charge in [-0.15, -0.1) is 0 Å². The Labute approximate surface area is 147 Å². The number of rotatable bonds is 2. The molecule has 1 unspecified atom stereocenters. The molecule has 0 saturated carbocycles. The number of anilines is 1. The number of nitrogens with zero attached hydrogens (tertiary/aromatic N) is 3. The van der Waals surface area contributed by atoms with Crippen LogP contribution in [-0.2, 0) is 4.79 Å². The highest BCUT2D eigenvalue weighted by molar-refractivity contribution is 5.97.